The van der Waals surface area contributed by atoms with Gasteiger partial charge in [-0.05, 0) is 63.1 Å². The highest BCUT2D eigenvalue weighted by Crippen LogP contribution is 2.42. The third-order valence-electron chi connectivity index (χ3n) is 4.89. The fraction of sp³-hybridized carbons (Fsp3) is 0.381. The minimum atomic E-state index is -0.266. The Hall–Kier alpha value is -2.12. The van der Waals surface area contributed by atoms with Gasteiger partial charge in [-0.2, -0.15) is 0 Å². The summed E-state index contributed by atoms with van der Waals surface area (Å²) in [5.74, 6) is 0.904. The number of benzene rings is 1. The first-order valence-electron chi connectivity index (χ1n) is 9.48. The predicted octanol–water partition coefficient (Wildman–Crippen LogP) is 5.39. The average Bonchev–Trinajstić information content (AvgIpc) is 3.16. The topological polar surface area (TPSA) is 59.8 Å². The van der Waals surface area contributed by atoms with Crippen molar-refractivity contribution in [2.45, 2.75) is 57.0 Å². The van der Waals surface area contributed by atoms with Crippen molar-refractivity contribution in [1.82, 2.24) is 14.8 Å². The van der Waals surface area contributed by atoms with Gasteiger partial charge >= 0.3 is 0 Å². The van der Waals surface area contributed by atoms with Crippen molar-refractivity contribution in [1.29, 1.82) is 0 Å². The van der Waals surface area contributed by atoms with Crippen LogP contribution in [0.1, 0.15) is 42.5 Å². The first kappa shape index (κ1) is 19.2. The fourth-order valence-corrected chi connectivity index (χ4v) is 5.03. The summed E-state index contributed by atoms with van der Waals surface area (Å²) < 4.78 is 2.21. The van der Waals surface area contributed by atoms with Gasteiger partial charge in [0.05, 0.1) is 10.1 Å². The van der Waals surface area contributed by atoms with E-state index in [0.717, 1.165) is 45.5 Å². The van der Waals surface area contributed by atoms with Gasteiger partial charge in [-0.3, -0.25) is 9.36 Å². The molecular weight excluding hydrogens is 388 g/mol. The molecule has 0 aliphatic heterocycles. The Kier molecular flexibility index (Phi) is 5.29. The Labute approximate surface area is 173 Å². The summed E-state index contributed by atoms with van der Waals surface area (Å²) in [7, 11) is 0. The van der Waals surface area contributed by atoms with Crippen LogP contribution in [0.5, 0.6) is 0 Å². The lowest BCUT2D eigenvalue weighted by atomic mass is 10.1. The molecule has 0 saturated heterocycles. The van der Waals surface area contributed by atoms with Gasteiger partial charge in [0.2, 0.25) is 5.91 Å². The van der Waals surface area contributed by atoms with Gasteiger partial charge in [-0.25, -0.2) is 0 Å². The van der Waals surface area contributed by atoms with E-state index in [2.05, 4.69) is 50.6 Å². The van der Waals surface area contributed by atoms with Crippen molar-refractivity contribution in [2.75, 3.05) is 5.32 Å². The van der Waals surface area contributed by atoms with Gasteiger partial charge in [-0.1, -0.05) is 35.5 Å². The number of aromatic nitrogens is 3. The maximum atomic E-state index is 12.9. The number of thiophene rings is 1. The Morgan fingerprint density at radius 1 is 1.25 bits per heavy atom. The highest BCUT2D eigenvalue weighted by atomic mass is 32.2. The van der Waals surface area contributed by atoms with E-state index >= 15 is 0 Å². The van der Waals surface area contributed by atoms with Gasteiger partial charge in [0.15, 0.2) is 11.0 Å². The molecule has 1 amide bonds. The van der Waals surface area contributed by atoms with Crippen LogP contribution in [-0.4, -0.2) is 25.9 Å². The van der Waals surface area contributed by atoms with Crippen molar-refractivity contribution in [3.8, 4) is 10.7 Å². The second-order valence-electron chi connectivity index (χ2n) is 7.41. The zero-order chi connectivity index (χ0) is 19.8. The molecule has 4 rings (SSSR count). The van der Waals surface area contributed by atoms with Crippen LogP contribution in [0.25, 0.3) is 10.7 Å². The maximum Gasteiger partial charge on any atom is 0.237 e. The van der Waals surface area contributed by atoms with Crippen molar-refractivity contribution in [3.63, 3.8) is 0 Å². The molecule has 1 atom stereocenters. The van der Waals surface area contributed by atoms with E-state index in [1.807, 2.05) is 26.8 Å². The van der Waals surface area contributed by atoms with E-state index in [1.165, 1.54) is 17.3 Å². The zero-order valence-corrected chi connectivity index (χ0v) is 18.2. The van der Waals surface area contributed by atoms with Crippen molar-refractivity contribution < 1.29 is 4.79 Å². The van der Waals surface area contributed by atoms with Crippen LogP contribution in [0.15, 0.2) is 34.8 Å². The maximum absolute atomic E-state index is 12.9. The molecule has 1 aliphatic carbocycles. The number of rotatable bonds is 6. The number of carbonyl (C=O) groups excluding carboxylic acids is 1. The first-order chi connectivity index (χ1) is 13.4. The summed E-state index contributed by atoms with van der Waals surface area (Å²) >= 11 is 3.15. The highest BCUT2D eigenvalue weighted by molar-refractivity contribution is 8.00. The minimum absolute atomic E-state index is 0.0110. The molecule has 0 unspecified atom stereocenters. The molecule has 1 aliphatic rings. The Balaban J connectivity index is 1.53. The zero-order valence-electron chi connectivity index (χ0n) is 16.5. The molecule has 1 saturated carbocycles. The molecular formula is C21H24N4OS2. The third-order valence-corrected chi connectivity index (χ3v) is 6.82. The molecule has 146 valence electrons. The summed E-state index contributed by atoms with van der Waals surface area (Å²) in [6, 6.07) is 8.74. The number of thioether (sulfide) groups is 1. The number of aryl methyl sites for hydroxylation is 3. The van der Waals surface area contributed by atoms with Gasteiger partial charge < -0.3 is 5.32 Å². The molecule has 2 aromatic heterocycles. The van der Waals surface area contributed by atoms with Gasteiger partial charge in [-0.15, -0.1) is 21.5 Å². The summed E-state index contributed by atoms with van der Waals surface area (Å²) in [4.78, 5) is 14.0. The summed E-state index contributed by atoms with van der Waals surface area (Å²) in [6.45, 7) is 8.06. The Morgan fingerprint density at radius 3 is 2.57 bits per heavy atom. The van der Waals surface area contributed by atoms with Gasteiger partial charge in [0.1, 0.15) is 0 Å². The molecule has 2 heterocycles. The van der Waals surface area contributed by atoms with E-state index in [0.29, 0.717) is 6.04 Å². The predicted molar refractivity (Wildman–Crippen MR) is 116 cm³/mol. The van der Waals surface area contributed by atoms with Crippen molar-refractivity contribution >= 4 is 34.7 Å². The molecule has 5 nitrogen and oxygen atoms in total. The number of nitrogens with zero attached hydrogens (tertiary/aromatic N) is 3. The average molecular weight is 413 g/mol. The van der Waals surface area contributed by atoms with Crippen LogP contribution in [0.4, 0.5) is 5.69 Å². The van der Waals surface area contributed by atoms with Crippen LogP contribution < -0.4 is 5.32 Å². The van der Waals surface area contributed by atoms with E-state index in [1.54, 1.807) is 11.3 Å². The van der Waals surface area contributed by atoms with E-state index in [4.69, 9.17) is 0 Å². The second kappa shape index (κ2) is 7.72. The summed E-state index contributed by atoms with van der Waals surface area (Å²) in [5.41, 5.74) is 4.29. The lowest BCUT2D eigenvalue weighted by molar-refractivity contribution is -0.115. The number of amides is 1. The monoisotopic (exact) mass is 412 g/mol. The first-order valence-corrected chi connectivity index (χ1v) is 11.2. The number of anilines is 1. The number of hydrogen-bond donors (Lipinski definition) is 1. The molecule has 1 fully saturated rings. The standard InChI is InChI=1S/C21H24N4OS2/c1-12-10-13(2)18(14(3)11-12)22-20(26)15(4)28-21-24-23-19(17-6-5-9-27-17)25(21)16-7-8-16/h5-6,9-11,15-16H,7-8H2,1-4H3,(H,22,26)/t15-/m0/s1. The Bertz CT molecular complexity index is 983. The van der Waals surface area contributed by atoms with Crippen LogP contribution in [-0.2, 0) is 4.79 Å². The normalized spacial score (nSPS) is 14.9. The molecule has 0 bridgehead atoms. The van der Waals surface area contributed by atoms with E-state index < -0.39 is 0 Å². The molecule has 1 aromatic carbocycles. The molecule has 0 radical (unpaired) electrons. The lowest BCUT2D eigenvalue weighted by Crippen LogP contribution is -2.24. The summed E-state index contributed by atoms with van der Waals surface area (Å²) in [5, 5.41) is 14.6. The molecule has 0 spiro atoms. The third kappa shape index (κ3) is 3.86. The smallest absolute Gasteiger partial charge is 0.237 e. The van der Waals surface area contributed by atoms with Crippen LogP contribution >= 0.6 is 23.1 Å². The largest absolute Gasteiger partial charge is 0.325 e. The minimum Gasteiger partial charge on any atom is -0.325 e. The molecule has 1 N–H and O–H groups in total. The molecule has 7 heteroatoms. The second-order valence-corrected chi connectivity index (χ2v) is 9.66. The highest BCUT2D eigenvalue weighted by Gasteiger charge is 2.31. The van der Waals surface area contributed by atoms with E-state index in [9.17, 15) is 4.79 Å². The van der Waals surface area contributed by atoms with E-state index in [-0.39, 0.29) is 11.2 Å². The van der Waals surface area contributed by atoms with Crippen LogP contribution in [0.2, 0.25) is 0 Å². The van der Waals surface area contributed by atoms with Crippen molar-refractivity contribution in [3.05, 3.63) is 46.3 Å². The van der Waals surface area contributed by atoms with Gasteiger partial charge in [0, 0.05) is 11.7 Å². The number of carbonyl (C=O) groups is 1. The fourth-order valence-electron chi connectivity index (χ4n) is 3.41. The lowest BCUT2D eigenvalue weighted by Gasteiger charge is -2.16. The quantitative estimate of drug-likeness (QED) is 0.552. The summed E-state index contributed by atoms with van der Waals surface area (Å²) in [6.07, 6.45) is 2.29. The molecule has 3 aromatic rings. The van der Waals surface area contributed by atoms with Crippen molar-refractivity contribution in [2.24, 2.45) is 0 Å². The SMILES string of the molecule is Cc1cc(C)c(NC(=O)[C@H](C)Sc2nnc(-c3cccs3)n2C2CC2)c(C)c1. The van der Waals surface area contributed by atoms with Crippen LogP contribution in [0, 0.1) is 20.8 Å². The van der Waals surface area contributed by atoms with Crippen LogP contribution in [0.3, 0.4) is 0 Å². The number of nitrogens with one attached hydrogen (secondary N) is 1. The Morgan fingerprint density at radius 2 is 1.96 bits per heavy atom. The van der Waals surface area contributed by atoms with Gasteiger partial charge in [0.25, 0.3) is 0 Å². The number of hydrogen-bond acceptors (Lipinski definition) is 5. The molecule has 28 heavy (non-hydrogen) atoms.